The van der Waals surface area contributed by atoms with Crippen LogP contribution in [0.1, 0.15) is 11.1 Å². The van der Waals surface area contributed by atoms with Crippen LogP contribution >= 0.6 is 0 Å². The fourth-order valence-electron chi connectivity index (χ4n) is 24.4. The van der Waals surface area contributed by atoms with E-state index in [-0.39, 0.29) is 16.6 Å². The molecule has 0 saturated heterocycles. The SMILES string of the molecule is FC(F)(F)c1c2ccccc2c(-c2cccc3oc4c(-c5c6ccccc6c(-c6ccccc6)c6ccccc56)cccc4c23)c2ccccc12.Fc1c2ccccc2c(-c2cccc3oc4c(-c5c6ccccc6c(-c6ccccc6)c6ccccc56)cccc4c23)c2ccccc12.N#Cc1c2ccccc2c(-c2cccc3oc4c(-c5c6ccccc6c(-c6ccccc6)c6ccccc56)cccc4c23)c2ccccc12. The van der Waals surface area contributed by atoms with Crippen molar-refractivity contribution in [2.75, 3.05) is 0 Å². The highest BCUT2D eigenvalue weighted by Gasteiger charge is 2.37. The first kappa shape index (κ1) is 86.5. The third kappa shape index (κ3) is 13.5. The summed E-state index contributed by atoms with van der Waals surface area (Å²) < 4.78 is 80.7. The summed E-state index contributed by atoms with van der Waals surface area (Å²) in [5.41, 5.74) is 24.4. The van der Waals surface area contributed by atoms with Gasteiger partial charge in [-0.2, -0.15) is 18.4 Å². The van der Waals surface area contributed by atoms with E-state index < -0.39 is 11.7 Å². The average Bonchev–Trinajstić information content (AvgIpc) is 0.841. The summed E-state index contributed by atoms with van der Waals surface area (Å²) in [6.07, 6.45) is -4.53. The lowest BCUT2D eigenvalue weighted by molar-refractivity contribution is -0.135. The van der Waals surface area contributed by atoms with Gasteiger partial charge in [0, 0.05) is 87.2 Å². The van der Waals surface area contributed by atoms with E-state index in [0.29, 0.717) is 32.7 Å². The molecule has 3 heterocycles. The Morgan fingerprint density at radius 2 is 0.345 bits per heavy atom. The molecule has 0 aliphatic carbocycles. The second-order valence-corrected chi connectivity index (χ2v) is 38.1. The van der Waals surface area contributed by atoms with Crippen LogP contribution in [0.2, 0.25) is 0 Å². The molecule has 0 fully saturated rings. The molecule has 0 unspecified atom stereocenters. The van der Waals surface area contributed by atoms with Crippen molar-refractivity contribution in [3.8, 4) is 106 Å². The third-order valence-corrected chi connectivity index (χ3v) is 30.3. The molecule has 0 amide bonds. The molecule has 30 rings (SSSR count). The summed E-state index contributed by atoms with van der Waals surface area (Å²) in [7, 11) is 0. The minimum Gasteiger partial charge on any atom is -0.455 e. The number of fused-ring (bicyclic) bond motifs is 21. The van der Waals surface area contributed by atoms with Gasteiger partial charge >= 0.3 is 6.18 Å². The average molecular weight is 1900 g/mol. The van der Waals surface area contributed by atoms with Crippen LogP contribution in [-0.2, 0) is 6.18 Å². The summed E-state index contributed by atoms with van der Waals surface area (Å²) in [6.45, 7) is 0. The zero-order valence-electron chi connectivity index (χ0n) is 79.4. The first-order chi connectivity index (χ1) is 73.1. The van der Waals surface area contributed by atoms with Crippen molar-refractivity contribution in [3.63, 3.8) is 0 Å². The number of nitrogens with zero attached hydrogens (tertiary/aromatic N) is 1. The molecular formula is C140H81F4NO3. The number of para-hydroxylation sites is 3. The van der Waals surface area contributed by atoms with Crippen LogP contribution in [0, 0.1) is 17.1 Å². The van der Waals surface area contributed by atoms with Crippen molar-refractivity contribution in [2.24, 2.45) is 0 Å². The molecule has 3 aromatic heterocycles. The first-order valence-corrected chi connectivity index (χ1v) is 49.8. The summed E-state index contributed by atoms with van der Waals surface area (Å²) in [5.74, 6) is -0.186. The number of furan rings is 3. The zero-order valence-corrected chi connectivity index (χ0v) is 79.4. The molecule has 692 valence electrons. The lowest BCUT2D eigenvalue weighted by atomic mass is 9.85. The molecule has 0 bridgehead atoms. The molecule has 0 radical (unpaired) electrons. The zero-order chi connectivity index (χ0) is 98.5. The van der Waals surface area contributed by atoms with Crippen LogP contribution in [0.3, 0.4) is 0 Å². The maximum Gasteiger partial charge on any atom is 0.417 e. The lowest BCUT2D eigenvalue weighted by Gasteiger charge is -2.19. The number of alkyl halides is 3. The van der Waals surface area contributed by atoms with Gasteiger partial charge in [-0.25, -0.2) is 4.39 Å². The standard InChI is InChI=1S/C47H27F3O.C47H27NO.C46H27FO/c48-47(49,50)45-35-22-10-8-20-33(35)42(34-21-9-11-23-36(34)45)37-24-13-27-40-44(37)39-26-12-25-38(46(39)51-40)43-31-18-6-4-16-29(31)41(28-14-2-1-3-15-28)30-17-5-7-19-32(30)43;48-28-41-30-16-4-6-18-32(30)44(33-19-7-5-17-31(33)41)38-24-13-27-42-46(38)40-26-12-25-39(47(40)49-42)45-36-22-10-8-20-34(36)43(29-14-2-1-3-15-29)35-21-9-11-23-37(35)45;47-45-35-22-10-8-20-33(35)42(34-21-9-11-23-36(34)45)37-24-13-27-40-44(37)39-26-12-25-38(46(39)48-40)43-31-18-6-4-16-29(31)41(28-14-2-1-3-15-28)30-17-5-7-19-32(30)43/h1-27H;1-27H;1-27H. The molecule has 0 aliphatic rings. The van der Waals surface area contributed by atoms with Crippen molar-refractivity contribution in [3.05, 3.63) is 508 Å². The summed E-state index contributed by atoms with van der Waals surface area (Å²) in [4.78, 5) is 0. The van der Waals surface area contributed by atoms with Gasteiger partial charge in [0.15, 0.2) is 0 Å². The van der Waals surface area contributed by atoms with E-state index in [9.17, 15) is 18.4 Å². The van der Waals surface area contributed by atoms with Crippen LogP contribution in [-0.4, -0.2) is 0 Å². The molecule has 0 N–H and O–H groups in total. The Morgan fingerprint density at radius 3 is 0.588 bits per heavy atom. The van der Waals surface area contributed by atoms with Crippen molar-refractivity contribution in [2.45, 2.75) is 6.18 Å². The number of benzene rings is 27. The minimum atomic E-state index is -4.53. The van der Waals surface area contributed by atoms with Gasteiger partial charge in [-0.1, -0.05) is 473 Å². The molecule has 8 heteroatoms. The maximum absolute atomic E-state index is 15.9. The Hall–Kier alpha value is -19.3. The van der Waals surface area contributed by atoms with E-state index in [1.54, 1.807) is 36.4 Å². The van der Waals surface area contributed by atoms with Gasteiger partial charge in [0.25, 0.3) is 0 Å². The summed E-state index contributed by atoms with van der Waals surface area (Å²) in [5, 5.41) is 38.9. The Balaban J connectivity index is 0.000000107. The number of hydrogen-bond acceptors (Lipinski definition) is 4. The van der Waals surface area contributed by atoms with E-state index in [2.05, 4.69) is 352 Å². The second kappa shape index (κ2) is 34.8. The lowest BCUT2D eigenvalue weighted by Crippen LogP contribution is -2.07. The Kier molecular flexibility index (Phi) is 20.3. The Labute approximate surface area is 846 Å². The third-order valence-electron chi connectivity index (χ3n) is 30.3. The van der Waals surface area contributed by atoms with E-state index in [0.717, 1.165) is 181 Å². The normalized spacial score (nSPS) is 11.9. The van der Waals surface area contributed by atoms with Crippen molar-refractivity contribution < 1.29 is 30.8 Å². The highest BCUT2D eigenvalue weighted by atomic mass is 19.4. The number of hydrogen-bond donors (Lipinski definition) is 0. The fraction of sp³-hybridized carbons (Fsp3) is 0.00714. The Morgan fingerprint density at radius 1 is 0.169 bits per heavy atom. The van der Waals surface area contributed by atoms with Gasteiger partial charge in [0.05, 0.1) is 11.1 Å². The molecule has 4 nitrogen and oxygen atoms in total. The van der Waals surface area contributed by atoms with Crippen LogP contribution in [0.4, 0.5) is 17.6 Å². The van der Waals surface area contributed by atoms with Crippen LogP contribution in [0.25, 0.3) is 295 Å². The van der Waals surface area contributed by atoms with E-state index in [1.807, 2.05) is 109 Å². The van der Waals surface area contributed by atoms with E-state index >= 15 is 4.39 Å². The van der Waals surface area contributed by atoms with Gasteiger partial charge in [-0.15, -0.1) is 0 Å². The van der Waals surface area contributed by atoms with Gasteiger partial charge in [-0.05, 0) is 193 Å². The monoisotopic (exact) mass is 1900 g/mol. The molecular weight excluding hydrogens is 1820 g/mol. The smallest absolute Gasteiger partial charge is 0.417 e. The molecule has 0 aliphatic heterocycles. The molecule has 0 atom stereocenters. The highest BCUT2D eigenvalue weighted by molar-refractivity contribution is 6.33. The molecule has 30 aromatic rings. The van der Waals surface area contributed by atoms with Gasteiger partial charge < -0.3 is 13.3 Å². The second-order valence-electron chi connectivity index (χ2n) is 38.1. The number of halogens is 4. The molecule has 27 aromatic carbocycles. The van der Waals surface area contributed by atoms with Crippen LogP contribution in [0.15, 0.2) is 505 Å². The van der Waals surface area contributed by atoms with Crippen molar-refractivity contribution in [1.29, 1.82) is 5.26 Å². The van der Waals surface area contributed by atoms with Crippen LogP contribution in [0.5, 0.6) is 0 Å². The quantitative estimate of drug-likeness (QED) is 0.107. The van der Waals surface area contributed by atoms with Gasteiger partial charge in [0.1, 0.15) is 45.4 Å². The Bertz CT molecular complexity index is 10500. The number of nitriles is 1. The van der Waals surface area contributed by atoms with Gasteiger partial charge in [-0.3, -0.25) is 0 Å². The predicted molar refractivity (Wildman–Crippen MR) is 610 cm³/mol. The first-order valence-electron chi connectivity index (χ1n) is 49.8. The largest absolute Gasteiger partial charge is 0.455 e. The molecule has 148 heavy (non-hydrogen) atoms. The fourth-order valence-corrected chi connectivity index (χ4v) is 24.4. The minimum absolute atomic E-state index is 0.181. The van der Waals surface area contributed by atoms with Crippen molar-refractivity contribution in [1.82, 2.24) is 0 Å². The maximum atomic E-state index is 15.9. The summed E-state index contributed by atoms with van der Waals surface area (Å²) >= 11 is 0. The molecule has 0 saturated carbocycles. The number of rotatable bonds is 9. The van der Waals surface area contributed by atoms with E-state index in [4.69, 9.17) is 13.3 Å². The van der Waals surface area contributed by atoms with Crippen LogP contribution < -0.4 is 0 Å². The predicted octanol–water partition coefficient (Wildman–Crippen LogP) is 40.6. The highest BCUT2D eigenvalue weighted by Crippen LogP contribution is 2.57. The van der Waals surface area contributed by atoms with E-state index in [1.165, 1.54) is 76.5 Å². The molecule has 0 spiro atoms. The summed E-state index contributed by atoms with van der Waals surface area (Å²) in [6, 6.07) is 170. The topological polar surface area (TPSA) is 63.2 Å². The van der Waals surface area contributed by atoms with Crippen molar-refractivity contribution >= 4 is 195 Å². The van der Waals surface area contributed by atoms with Gasteiger partial charge in [0.2, 0.25) is 0 Å².